The van der Waals surface area contributed by atoms with Crippen LogP contribution < -0.4 is 10.1 Å². The Morgan fingerprint density at radius 3 is 2.41 bits per heavy atom. The van der Waals surface area contributed by atoms with Crippen LogP contribution in [0.3, 0.4) is 0 Å². The molecule has 0 unspecified atom stereocenters. The summed E-state index contributed by atoms with van der Waals surface area (Å²) in [7, 11) is 0. The molecule has 7 nitrogen and oxygen atoms in total. The second-order valence-electron chi connectivity index (χ2n) is 8.51. The Bertz CT molecular complexity index is 1100. The van der Waals surface area contributed by atoms with E-state index in [0.717, 1.165) is 13.1 Å². The van der Waals surface area contributed by atoms with Crippen LogP contribution in [-0.2, 0) is 11.3 Å². The molecular weight excluding hydrogens is 452 g/mol. The van der Waals surface area contributed by atoms with E-state index in [0.29, 0.717) is 48.2 Å². The van der Waals surface area contributed by atoms with Gasteiger partial charge in [0, 0.05) is 24.7 Å². The van der Waals surface area contributed by atoms with Crippen LogP contribution in [0.4, 0.5) is 5.88 Å². The molecule has 0 bridgehead atoms. The van der Waals surface area contributed by atoms with Gasteiger partial charge in [0.2, 0.25) is 17.5 Å². The van der Waals surface area contributed by atoms with Gasteiger partial charge in [-0.05, 0) is 41.3 Å². The van der Waals surface area contributed by atoms with Gasteiger partial charge in [-0.3, -0.25) is 4.90 Å². The molecule has 3 aromatic rings. The average Bonchev–Trinajstić information content (AvgIpc) is 3.27. The largest absolute Gasteiger partial charge is 0.484 e. The van der Waals surface area contributed by atoms with Gasteiger partial charge in [-0.1, -0.05) is 49.7 Å². The highest BCUT2D eigenvalue weighted by molar-refractivity contribution is 6.30. The van der Waals surface area contributed by atoms with Crippen LogP contribution in [0.1, 0.15) is 48.5 Å². The molecule has 0 spiro atoms. The first kappa shape index (κ1) is 24.1. The zero-order chi connectivity index (χ0) is 23.9. The first-order valence-electron chi connectivity index (χ1n) is 11.5. The lowest BCUT2D eigenvalue weighted by Crippen LogP contribution is -2.41. The summed E-state index contributed by atoms with van der Waals surface area (Å²) >= 11 is 5.91. The molecule has 1 atom stereocenters. The number of ether oxygens (including phenoxy) is 2. The van der Waals surface area contributed by atoms with Crippen LogP contribution in [0.2, 0.25) is 5.02 Å². The normalized spacial score (nSPS) is 15.1. The molecule has 8 heteroatoms. The summed E-state index contributed by atoms with van der Waals surface area (Å²) < 4.78 is 17.1. The molecule has 4 rings (SSSR count). The smallest absolute Gasteiger partial charge is 0.236 e. The van der Waals surface area contributed by atoms with E-state index in [4.69, 9.17) is 25.5 Å². The van der Waals surface area contributed by atoms with Crippen molar-refractivity contribution in [2.75, 3.05) is 38.2 Å². The summed E-state index contributed by atoms with van der Waals surface area (Å²) in [6, 6.07) is 18.0. The Morgan fingerprint density at radius 1 is 1.09 bits per heavy atom. The number of morpholine rings is 1. The maximum atomic E-state index is 9.57. The summed E-state index contributed by atoms with van der Waals surface area (Å²) in [4.78, 5) is 6.68. The summed E-state index contributed by atoms with van der Waals surface area (Å²) in [6.07, 6.45) is 0. The molecule has 2 aromatic carbocycles. The third-order valence-corrected chi connectivity index (χ3v) is 6.14. The number of benzene rings is 2. The van der Waals surface area contributed by atoms with Crippen molar-refractivity contribution in [3.05, 3.63) is 76.3 Å². The van der Waals surface area contributed by atoms with Gasteiger partial charge in [0.1, 0.15) is 11.8 Å². The molecule has 1 aliphatic rings. The number of aromatic nitrogens is 1. The third-order valence-electron chi connectivity index (χ3n) is 5.88. The first-order valence-corrected chi connectivity index (χ1v) is 11.8. The lowest BCUT2D eigenvalue weighted by molar-refractivity contribution is 0.0186. The van der Waals surface area contributed by atoms with E-state index in [-0.39, 0.29) is 18.3 Å². The van der Waals surface area contributed by atoms with E-state index in [1.807, 2.05) is 0 Å². The molecule has 0 saturated carbocycles. The van der Waals surface area contributed by atoms with Gasteiger partial charge in [-0.25, -0.2) is 0 Å². The second-order valence-corrected chi connectivity index (χ2v) is 8.94. The quantitative estimate of drug-likeness (QED) is 0.439. The molecule has 1 saturated heterocycles. The zero-order valence-corrected chi connectivity index (χ0v) is 20.2. The van der Waals surface area contributed by atoms with Gasteiger partial charge in [0.15, 0.2) is 6.61 Å². The van der Waals surface area contributed by atoms with Crippen LogP contribution >= 0.6 is 11.6 Å². The standard InChI is InChI=1S/C26H29ClN4O3/c1-18(2)19-3-5-20(6-4-19)24(31-11-13-32-14-12-31)16-29-26-23(15-28)30-25(34-26)17-33-22-9-7-21(27)8-10-22/h3-10,18,24,29H,11-14,16-17H2,1-2H3/t24-/m1/s1. The van der Waals surface area contributed by atoms with Crippen molar-refractivity contribution in [2.45, 2.75) is 32.4 Å². The Balaban J connectivity index is 1.46. The Hall–Kier alpha value is -3.05. The highest BCUT2D eigenvalue weighted by atomic mass is 35.5. The first-order chi connectivity index (χ1) is 16.5. The van der Waals surface area contributed by atoms with Crippen molar-refractivity contribution in [3.63, 3.8) is 0 Å². The second kappa shape index (κ2) is 11.4. The minimum absolute atomic E-state index is 0.107. The number of rotatable bonds is 9. The van der Waals surface area contributed by atoms with Crippen molar-refractivity contribution in [3.8, 4) is 11.8 Å². The Kier molecular flexibility index (Phi) is 8.07. The van der Waals surface area contributed by atoms with Crippen LogP contribution in [0.25, 0.3) is 0 Å². The summed E-state index contributed by atoms with van der Waals surface area (Å²) in [5.41, 5.74) is 2.73. The van der Waals surface area contributed by atoms with E-state index < -0.39 is 0 Å². The highest BCUT2D eigenvalue weighted by Gasteiger charge is 2.24. The molecule has 0 amide bonds. The molecule has 1 N–H and O–H groups in total. The monoisotopic (exact) mass is 480 g/mol. The predicted octanol–water partition coefficient (Wildman–Crippen LogP) is 5.39. The molecule has 1 aromatic heterocycles. The van der Waals surface area contributed by atoms with Crippen molar-refractivity contribution >= 4 is 17.5 Å². The van der Waals surface area contributed by atoms with Gasteiger partial charge < -0.3 is 19.2 Å². The number of nitrogens with zero attached hydrogens (tertiary/aromatic N) is 3. The molecule has 0 aliphatic carbocycles. The van der Waals surface area contributed by atoms with E-state index in [1.54, 1.807) is 24.3 Å². The molecule has 2 heterocycles. The van der Waals surface area contributed by atoms with Crippen LogP contribution in [0, 0.1) is 11.3 Å². The van der Waals surface area contributed by atoms with E-state index in [9.17, 15) is 5.26 Å². The summed E-state index contributed by atoms with van der Waals surface area (Å²) in [6.45, 7) is 8.18. The fraction of sp³-hybridized carbons (Fsp3) is 0.385. The Morgan fingerprint density at radius 2 is 1.76 bits per heavy atom. The number of nitrogens with one attached hydrogen (secondary N) is 1. The van der Waals surface area contributed by atoms with Gasteiger partial charge in [-0.15, -0.1) is 0 Å². The van der Waals surface area contributed by atoms with E-state index in [2.05, 4.69) is 59.4 Å². The molecule has 0 radical (unpaired) electrons. The van der Waals surface area contributed by atoms with Crippen molar-refractivity contribution < 1.29 is 13.9 Å². The molecule has 34 heavy (non-hydrogen) atoms. The van der Waals surface area contributed by atoms with Gasteiger partial charge in [0.05, 0.1) is 19.3 Å². The van der Waals surface area contributed by atoms with Crippen LogP contribution in [0.15, 0.2) is 52.9 Å². The van der Waals surface area contributed by atoms with Crippen molar-refractivity contribution in [1.82, 2.24) is 9.88 Å². The fourth-order valence-electron chi connectivity index (χ4n) is 3.94. The number of hydrogen-bond donors (Lipinski definition) is 1. The molecule has 1 aliphatic heterocycles. The minimum atomic E-state index is 0.107. The van der Waals surface area contributed by atoms with Gasteiger partial charge >= 0.3 is 0 Å². The summed E-state index contributed by atoms with van der Waals surface area (Å²) in [5.74, 6) is 1.82. The number of halogens is 1. The average molecular weight is 481 g/mol. The molecular formula is C26H29ClN4O3. The topological polar surface area (TPSA) is 83.6 Å². The van der Waals surface area contributed by atoms with Crippen molar-refractivity contribution in [2.24, 2.45) is 0 Å². The molecule has 1 fully saturated rings. The van der Waals surface area contributed by atoms with Crippen LogP contribution in [-0.4, -0.2) is 42.7 Å². The lowest BCUT2D eigenvalue weighted by atomic mass is 9.98. The van der Waals surface area contributed by atoms with Crippen LogP contribution in [0.5, 0.6) is 5.75 Å². The number of hydrogen-bond acceptors (Lipinski definition) is 7. The van der Waals surface area contributed by atoms with Gasteiger partial charge in [-0.2, -0.15) is 10.2 Å². The minimum Gasteiger partial charge on any atom is -0.484 e. The summed E-state index contributed by atoms with van der Waals surface area (Å²) in [5, 5.41) is 13.5. The zero-order valence-electron chi connectivity index (χ0n) is 19.5. The SMILES string of the molecule is CC(C)c1ccc([C@@H](CNc2oc(COc3ccc(Cl)cc3)nc2C#N)N2CCOCC2)cc1. The number of nitriles is 1. The van der Waals surface area contributed by atoms with E-state index in [1.165, 1.54) is 11.1 Å². The maximum absolute atomic E-state index is 9.57. The fourth-order valence-corrected chi connectivity index (χ4v) is 4.06. The Labute approximate surface area is 205 Å². The lowest BCUT2D eigenvalue weighted by Gasteiger charge is -2.35. The van der Waals surface area contributed by atoms with Crippen molar-refractivity contribution in [1.29, 1.82) is 5.26 Å². The number of anilines is 1. The third kappa shape index (κ3) is 6.09. The highest BCUT2D eigenvalue weighted by Crippen LogP contribution is 2.26. The van der Waals surface area contributed by atoms with Gasteiger partial charge in [0.25, 0.3) is 0 Å². The predicted molar refractivity (Wildman–Crippen MR) is 131 cm³/mol. The maximum Gasteiger partial charge on any atom is 0.236 e. The number of oxazole rings is 1. The van der Waals surface area contributed by atoms with E-state index >= 15 is 0 Å². The molecule has 178 valence electrons.